The third-order valence-electron chi connectivity index (χ3n) is 6.09. The number of amides is 1. The molecular formula is C30H42FNO9. The van der Waals surface area contributed by atoms with E-state index in [1.807, 2.05) is 0 Å². The Morgan fingerprint density at radius 2 is 1.88 bits per heavy atom. The maximum absolute atomic E-state index is 15.0. The zero-order valence-electron chi connectivity index (χ0n) is 25.2. The lowest BCUT2D eigenvalue weighted by molar-refractivity contribution is -0.140. The summed E-state index contributed by atoms with van der Waals surface area (Å²) in [6.07, 6.45) is -0.816. The van der Waals surface area contributed by atoms with Gasteiger partial charge in [0.2, 0.25) is 5.78 Å². The summed E-state index contributed by atoms with van der Waals surface area (Å²) in [7, 11) is 2.92. The van der Waals surface area contributed by atoms with Gasteiger partial charge in [-0.25, -0.2) is 14.0 Å². The summed E-state index contributed by atoms with van der Waals surface area (Å²) in [6.45, 7) is 11.5. The molecule has 0 aliphatic carbocycles. The number of ketones is 1. The van der Waals surface area contributed by atoms with Crippen molar-refractivity contribution in [3.63, 3.8) is 0 Å². The molecule has 1 aromatic rings. The van der Waals surface area contributed by atoms with Crippen LogP contribution in [0, 0.1) is 5.92 Å². The minimum absolute atomic E-state index is 0.0285. The van der Waals surface area contributed by atoms with Crippen LogP contribution in [0.25, 0.3) is 6.08 Å². The van der Waals surface area contributed by atoms with E-state index in [9.17, 15) is 23.9 Å². The van der Waals surface area contributed by atoms with Crippen molar-refractivity contribution in [1.82, 2.24) is 0 Å². The van der Waals surface area contributed by atoms with Crippen LogP contribution >= 0.6 is 0 Å². The summed E-state index contributed by atoms with van der Waals surface area (Å²) in [5, 5.41) is 10.8. The second-order valence-corrected chi connectivity index (χ2v) is 11.2. The first kappa shape index (κ1) is 33.9. The van der Waals surface area contributed by atoms with Crippen LogP contribution in [0.5, 0.6) is 5.75 Å². The van der Waals surface area contributed by atoms with Gasteiger partial charge in [0, 0.05) is 26.1 Å². The third kappa shape index (κ3) is 9.65. The van der Waals surface area contributed by atoms with E-state index in [-0.39, 0.29) is 24.5 Å². The van der Waals surface area contributed by atoms with Crippen molar-refractivity contribution in [2.45, 2.75) is 84.9 Å². The highest BCUT2D eigenvalue weighted by molar-refractivity contribution is 5.99. The highest BCUT2D eigenvalue weighted by Gasteiger charge is 2.33. The number of hydrogen-bond donors (Lipinski definition) is 1. The third-order valence-corrected chi connectivity index (χ3v) is 6.09. The molecule has 0 radical (unpaired) electrons. The van der Waals surface area contributed by atoms with Crippen LogP contribution in [0.15, 0.2) is 30.1 Å². The first-order valence-electron chi connectivity index (χ1n) is 13.4. The number of benzene rings is 1. The molecule has 41 heavy (non-hydrogen) atoms. The SMILES string of the molecule is COCOc1cc(N(C)C(=O)OC(C)(C)C)cc2c1C(=O)O[C@@H](C)[C@H](C)/C=C(/F)C(=O)[C@@H](OC(C)C)[C@@H](O)C/C=C/2. The fourth-order valence-electron chi connectivity index (χ4n) is 3.84. The highest BCUT2D eigenvalue weighted by atomic mass is 19.1. The molecule has 0 bridgehead atoms. The van der Waals surface area contributed by atoms with Crippen molar-refractivity contribution in [2.24, 2.45) is 5.92 Å². The first-order chi connectivity index (χ1) is 19.0. The Morgan fingerprint density at radius 1 is 1.22 bits per heavy atom. The van der Waals surface area contributed by atoms with Gasteiger partial charge in [-0.2, -0.15) is 0 Å². The van der Waals surface area contributed by atoms with Gasteiger partial charge in [0.25, 0.3) is 0 Å². The fourth-order valence-corrected chi connectivity index (χ4v) is 3.84. The molecule has 1 aromatic carbocycles. The summed E-state index contributed by atoms with van der Waals surface area (Å²) in [5.41, 5.74) is -0.0831. The van der Waals surface area contributed by atoms with Crippen molar-refractivity contribution in [3.05, 3.63) is 41.2 Å². The molecule has 0 unspecified atom stereocenters. The van der Waals surface area contributed by atoms with E-state index in [1.165, 1.54) is 37.3 Å². The summed E-state index contributed by atoms with van der Waals surface area (Å²) in [6, 6.07) is 3.05. The van der Waals surface area contributed by atoms with Crippen molar-refractivity contribution in [3.8, 4) is 5.75 Å². The van der Waals surface area contributed by atoms with E-state index in [0.29, 0.717) is 11.3 Å². The number of hydrogen-bond acceptors (Lipinski definition) is 9. The lowest BCUT2D eigenvalue weighted by atomic mass is 9.98. The van der Waals surface area contributed by atoms with Crippen molar-refractivity contribution >= 4 is 29.6 Å². The normalized spacial score (nSPS) is 24.4. The molecule has 0 fully saturated rings. The Labute approximate surface area is 241 Å². The number of aliphatic hydroxyl groups excluding tert-OH is 1. The molecule has 1 aliphatic rings. The Kier molecular flexibility index (Phi) is 12.0. The highest BCUT2D eigenvalue weighted by Crippen LogP contribution is 2.33. The molecule has 0 saturated heterocycles. The van der Waals surface area contributed by atoms with Crippen LogP contribution < -0.4 is 9.64 Å². The molecule has 1 heterocycles. The lowest BCUT2D eigenvalue weighted by Gasteiger charge is -2.26. The Balaban J connectivity index is 2.70. The molecule has 1 N–H and O–H groups in total. The molecule has 1 aliphatic heterocycles. The van der Waals surface area contributed by atoms with E-state index in [4.69, 9.17) is 23.7 Å². The second-order valence-electron chi connectivity index (χ2n) is 11.2. The number of esters is 1. The monoisotopic (exact) mass is 579 g/mol. The van der Waals surface area contributed by atoms with Crippen molar-refractivity contribution in [1.29, 1.82) is 0 Å². The molecule has 0 saturated carbocycles. The molecular weight excluding hydrogens is 537 g/mol. The number of halogens is 1. The predicted octanol–water partition coefficient (Wildman–Crippen LogP) is 5.22. The van der Waals surface area contributed by atoms with Gasteiger partial charge in [0.1, 0.15) is 29.1 Å². The van der Waals surface area contributed by atoms with E-state index >= 15 is 0 Å². The standard InChI is InChI=1S/C30H42FNO9/c1-17(2)39-27-23(33)12-10-11-20-14-21(32(8)29(36)41-30(5,6)7)15-24(38-16-37-9)25(20)28(35)40-19(4)18(3)13-22(31)26(27)34/h10-11,13-15,17-19,23,27,33H,12,16H2,1-9H3/b11-10+,22-13+/t18-,19+,23+,27+/m1/s1. The summed E-state index contributed by atoms with van der Waals surface area (Å²) >= 11 is 0. The summed E-state index contributed by atoms with van der Waals surface area (Å²) in [5.74, 6) is -3.51. The summed E-state index contributed by atoms with van der Waals surface area (Å²) in [4.78, 5) is 40.4. The van der Waals surface area contributed by atoms with Gasteiger partial charge in [-0.15, -0.1) is 0 Å². The Morgan fingerprint density at radius 3 is 2.46 bits per heavy atom. The summed E-state index contributed by atoms with van der Waals surface area (Å²) < 4.78 is 42.4. The number of fused-ring (bicyclic) bond motifs is 1. The second kappa shape index (κ2) is 14.6. The molecule has 10 nitrogen and oxygen atoms in total. The quantitative estimate of drug-likeness (QED) is 0.357. The molecule has 11 heteroatoms. The van der Waals surface area contributed by atoms with Crippen LogP contribution in [0.2, 0.25) is 0 Å². The van der Waals surface area contributed by atoms with Crippen LogP contribution in [-0.4, -0.2) is 73.9 Å². The Bertz CT molecular complexity index is 1160. The van der Waals surface area contributed by atoms with Crippen LogP contribution in [0.1, 0.15) is 70.8 Å². The minimum Gasteiger partial charge on any atom is -0.467 e. The molecule has 0 aromatic heterocycles. The smallest absolute Gasteiger partial charge is 0.414 e. The van der Waals surface area contributed by atoms with Gasteiger partial charge < -0.3 is 28.8 Å². The van der Waals surface area contributed by atoms with Crippen LogP contribution in [0.3, 0.4) is 0 Å². The zero-order chi connectivity index (χ0) is 31.1. The number of carbonyl (C=O) groups is 3. The van der Waals surface area contributed by atoms with Gasteiger partial charge in [0.15, 0.2) is 12.6 Å². The maximum atomic E-state index is 15.0. The largest absolute Gasteiger partial charge is 0.467 e. The maximum Gasteiger partial charge on any atom is 0.414 e. The van der Waals surface area contributed by atoms with Gasteiger partial charge in [-0.3, -0.25) is 9.69 Å². The number of ether oxygens (including phenoxy) is 5. The van der Waals surface area contributed by atoms with E-state index in [1.54, 1.807) is 54.5 Å². The number of nitrogens with zero attached hydrogens (tertiary/aromatic N) is 1. The predicted molar refractivity (Wildman–Crippen MR) is 151 cm³/mol. The number of carbonyl (C=O) groups excluding carboxylic acids is 3. The van der Waals surface area contributed by atoms with E-state index in [0.717, 1.165) is 6.08 Å². The fraction of sp³-hybridized carbons (Fsp3) is 0.567. The van der Waals surface area contributed by atoms with Crippen molar-refractivity contribution < 1.29 is 47.6 Å². The number of methoxy groups -OCH3 is 1. The van der Waals surface area contributed by atoms with Crippen molar-refractivity contribution in [2.75, 3.05) is 25.9 Å². The average Bonchev–Trinajstić information content (AvgIpc) is 2.87. The van der Waals surface area contributed by atoms with Crippen LogP contribution in [0.4, 0.5) is 14.9 Å². The first-order valence-corrected chi connectivity index (χ1v) is 13.4. The number of aliphatic hydroxyl groups is 1. The zero-order valence-corrected chi connectivity index (χ0v) is 25.2. The molecule has 2 rings (SSSR count). The number of Topliss-reactive ketones (excluding diaryl/α,β-unsaturated/α-hetero) is 1. The van der Waals surface area contributed by atoms with Gasteiger partial charge in [0.05, 0.1) is 17.9 Å². The molecule has 228 valence electrons. The van der Waals surface area contributed by atoms with E-state index < -0.39 is 59.6 Å². The molecule has 1 amide bonds. The van der Waals surface area contributed by atoms with E-state index in [2.05, 4.69) is 0 Å². The molecule has 4 atom stereocenters. The van der Waals surface area contributed by atoms with Gasteiger partial charge >= 0.3 is 12.1 Å². The average molecular weight is 580 g/mol. The minimum atomic E-state index is -1.45. The number of rotatable bonds is 6. The van der Waals surface area contributed by atoms with Gasteiger partial charge in [-0.05, 0) is 65.7 Å². The Hall–Kier alpha value is -3.28. The number of anilines is 1. The molecule has 0 spiro atoms. The number of cyclic esters (lactones) is 1. The van der Waals surface area contributed by atoms with Gasteiger partial charge in [-0.1, -0.05) is 19.1 Å². The van der Waals surface area contributed by atoms with Crippen LogP contribution in [-0.2, 0) is 23.7 Å². The lowest BCUT2D eigenvalue weighted by Crippen LogP contribution is -2.39. The topological polar surface area (TPSA) is 121 Å².